The highest BCUT2D eigenvalue weighted by atomic mass is 16.7. The van der Waals surface area contributed by atoms with Crippen LogP contribution in [0.25, 0.3) is 0 Å². The van der Waals surface area contributed by atoms with Crippen molar-refractivity contribution in [2.45, 2.75) is 53.0 Å². The van der Waals surface area contributed by atoms with E-state index in [0.717, 1.165) is 12.8 Å². The molecule has 0 radical (unpaired) electrons. The van der Waals surface area contributed by atoms with Gasteiger partial charge < -0.3 is 10.6 Å². The number of carbonyl (C=O) groups is 1. The van der Waals surface area contributed by atoms with E-state index in [1.807, 2.05) is 34.6 Å². The average Bonchev–Trinajstić information content (AvgIpc) is 1.99. The quantitative estimate of drug-likeness (QED) is 0.541. The van der Waals surface area contributed by atoms with Crippen molar-refractivity contribution in [1.29, 1.82) is 0 Å². The van der Waals surface area contributed by atoms with Crippen molar-refractivity contribution in [1.82, 2.24) is 5.48 Å². The molecule has 0 unspecified atom stereocenters. The average molecular weight is 216 g/mol. The van der Waals surface area contributed by atoms with Crippen LogP contribution in [0.2, 0.25) is 0 Å². The van der Waals surface area contributed by atoms with Gasteiger partial charge in [-0.3, -0.25) is 0 Å². The Bertz CT molecular complexity index is 202. The van der Waals surface area contributed by atoms with E-state index in [9.17, 15) is 4.79 Å². The van der Waals surface area contributed by atoms with Gasteiger partial charge in [0.25, 0.3) is 0 Å². The summed E-state index contributed by atoms with van der Waals surface area (Å²) >= 11 is 0. The van der Waals surface area contributed by atoms with Gasteiger partial charge >= 0.3 is 5.97 Å². The molecule has 0 atom stereocenters. The van der Waals surface area contributed by atoms with Crippen LogP contribution in [0.4, 0.5) is 0 Å². The molecule has 0 rings (SSSR count). The highest BCUT2D eigenvalue weighted by Crippen LogP contribution is 2.14. The van der Waals surface area contributed by atoms with E-state index in [2.05, 4.69) is 5.48 Å². The second-order valence-electron chi connectivity index (χ2n) is 5.63. The molecule has 0 aromatic carbocycles. The number of carbonyl (C=O) groups excluding carboxylic acids is 1. The lowest BCUT2D eigenvalue weighted by Crippen LogP contribution is -2.34. The Morgan fingerprint density at radius 1 is 1.27 bits per heavy atom. The van der Waals surface area contributed by atoms with Crippen LogP contribution in [0.15, 0.2) is 0 Å². The van der Waals surface area contributed by atoms with Crippen LogP contribution in [0.3, 0.4) is 0 Å². The fraction of sp³-hybridized carbons (Fsp3) is 0.909. The van der Waals surface area contributed by atoms with Gasteiger partial charge in [0.05, 0.1) is 5.41 Å². The van der Waals surface area contributed by atoms with Gasteiger partial charge in [0.2, 0.25) is 0 Å². The van der Waals surface area contributed by atoms with Crippen molar-refractivity contribution in [3.63, 3.8) is 0 Å². The Kier molecular flexibility index (Phi) is 5.24. The molecule has 4 heteroatoms. The molecule has 0 aliphatic carbocycles. The third-order valence-electron chi connectivity index (χ3n) is 1.88. The van der Waals surface area contributed by atoms with Gasteiger partial charge in [-0.05, 0) is 47.5 Å². The number of nitrogens with one attached hydrogen (secondary N) is 1. The van der Waals surface area contributed by atoms with Crippen molar-refractivity contribution >= 4 is 5.97 Å². The maximum Gasteiger partial charge on any atom is 0.329 e. The molecule has 3 N–H and O–H groups in total. The lowest BCUT2D eigenvalue weighted by Gasteiger charge is -2.19. The summed E-state index contributed by atoms with van der Waals surface area (Å²) in [6, 6.07) is 0. The van der Waals surface area contributed by atoms with Gasteiger partial charge in [0, 0.05) is 12.1 Å². The van der Waals surface area contributed by atoms with E-state index in [0.29, 0.717) is 6.54 Å². The summed E-state index contributed by atoms with van der Waals surface area (Å²) in [7, 11) is 0. The van der Waals surface area contributed by atoms with Gasteiger partial charge in [0.1, 0.15) is 0 Å². The van der Waals surface area contributed by atoms with Crippen molar-refractivity contribution in [2.75, 3.05) is 6.54 Å². The summed E-state index contributed by atoms with van der Waals surface area (Å²) in [6.07, 6.45) is 1.79. The fourth-order valence-corrected chi connectivity index (χ4v) is 0.886. The Morgan fingerprint density at radius 2 is 1.80 bits per heavy atom. The second-order valence-corrected chi connectivity index (χ2v) is 5.63. The van der Waals surface area contributed by atoms with Crippen molar-refractivity contribution in [3.8, 4) is 0 Å². The highest BCUT2D eigenvalue weighted by Gasteiger charge is 2.23. The van der Waals surface area contributed by atoms with E-state index < -0.39 is 5.41 Å². The third kappa shape index (κ3) is 8.39. The Hall–Kier alpha value is -0.610. The fourth-order valence-electron chi connectivity index (χ4n) is 0.886. The first-order valence-electron chi connectivity index (χ1n) is 5.36. The summed E-state index contributed by atoms with van der Waals surface area (Å²) in [5, 5.41) is 0. The number of hydrogen-bond acceptors (Lipinski definition) is 4. The summed E-state index contributed by atoms with van der Waals surface area (Å²) in [5.74, 6) is -0.241. The number of hydroxylamine groups is 1. The van der Waals surface area contributed by atoms with Crippen LogP contribution < -0.4 is 11.2 Å². The highest BCUT2D eigenvalue weighted by molar-refractivity contribution is 5.75. The molecule has 0 spiro atoms. The van der Waals surface area contributed by atoms with Crippen LogP contribution in [-0.2, 0) is 9.63 Å². The topological polar surface area (TPSA) is 64.3 Å². The van der Waals surface area contributed by atoms with E-state index in [4.69, 9.17) is 10.6 Å². The lowest BCUT2D eigenvalue weighted by molar-refractivity contribution is -0.160. The molecule has 0 saturated heterocycles. The molecule has 0 heterocycles. The molecular weight excluding hydrogens is 192 g/mol. The van der Waals surface area contributed by atoms with Crippen molar-refractivity contribution < 1.29 is 9.63 Å². The summed E-state index contributed by atoms with van der Waals surface area (Å²) in [6.45, 7) is 10.1. The number of hydrogen-bond donors (Lipinski definition) is 2. The van der Waals surface area contributed by atoms with Crippen LogP contribution >= 0.6 is 0 Å². The molecule has 0 aliphatic heterocycles. The predicted molar refractivity (Wildman–Crippen MR) is 61.1 cm³/mol. The summed E-state index contributed by atoms with van der Waals surface area (Å²) < 4.78 is 0. The van der Waals surface area contributed by atoms with Gasteiger partial charge in [-0.15, -0.1) is 0 Å². The Balaban J connectivity index is 3.53. The zero-order valence-corrected chi connectivity index (χ0v) is 10.5. The first-order valence-corrected chi connectivity index (χ1v) is 5.36. The molecule has 15 heavy (non-hydrogen) atoms. The molecule has 0 saturated carbocycles. The third-order valence-corrected chi connectivity index (χ3v) is 1.88. The standard InChI is InChI=1S/C11H24N2O2/c1-10(2,3)9(14)15-13-8-6-7-11(4,5)12/h13H,6-8,12H2,1-5H3. The number of rotatable bonds is 5. The first-order chi connectivity index (χ1) is 6.63. The van der Waals surface area contributed by atoms with Gasteiger partial charge in [-0.2, -0.15) is 5.48 Å². The zero-order valence-electron chi connectivity index (χ0n) is 10.5. The van der Waals surface area contributed by atoms with E-state index in [1.54, 1.807) is 0 Å². The minimum absolute atomic E-state index is 0.157. The largest absolute Gasteiger partial charge is 0.370 e. The maximum absolute atomic E-state index is 11.3. The van der Waals surface area contributed by atoms with Gasteiger partial charge in [0.15, 0.2) is 0 Å². The van der Waals surface area contributed by atoms with Crippen molar-refractivity contribution in [2.24, 2.45) is 11.1 Å². The molecular formula is C11H24N2O2. The maximum atomic E-state index is 11.3. The van der Waals surface area contributed by atoms with Crippen molar-refractivity contribution in [3.05, 3.63) is 0 Å². The normalized spacial score (nSPS) is 12.7. The molecule has 90 valence electrons. The first kappa shape index (κ1) is 14.4. The molecule has 0 aromatic heterocycles. The molecule has 0 fully saturated rings. The molecule has 0 aromatic rings. The van der Waals surface area contributed by atoms with Crippen LogP contribution in [0, 0.1) is 5.41 Å². The smallest absolute Gasteiger partial charge is 0.329 e. The van der Waals surface area contributed by atoms with E-state index >= 15 is 0 Å². The molecule has 4 nitrogen and oxygen atoms in total. The molecule has 0 aliphatic rings. The van der Waals surface area contributed by atoms with Gasteiger partial charge in [-0.25, -0.2) is 4.79 Å². The summed E-state index contributed by atoms with van der Waals surface area (Å²) in [5.41, 5.74) is 7.86. The van der Waals surface area contributed by atoms with Crippen LogP contribution in [-0.4, -0.2) is 18.1 Å². The monoisotopic (exact) mass is 216 g/mol. The zero-order chi connectivity index (χ0) is 12.1. The molecule has 0 bridgehead atoms. The minimum Gasteiger partial charge on any atom is -0.370 e. The lowest BCUT2D eigenvalue weighted by atomic mass is 9.98. The summed E-state index contributed by atoms with van der Waals surface area (Å²) in [4.78, 5) is 16.2. The number of nitrogens with two attached hydrogens (primary N) is 1. The molecule has 0 amide bonds. The predicted octanol–water partition coefficient (Wildman–Crippen LogP) is 1.60. The minimum atomic E-state index is -0.458. The van der Waals surface area contributed by atoms with Gasteiger partial charge in [-0.1, -0.05) is 0 Å². The van der Waals surface area contributed by atoms with Crippen LogP contribution in [0.5, 0.6) is 0 Å². The van der Waals surface area contributed by atoms with E-state index in [1.165, 1.54) is 0 Å². The Labute approximate surface area is 92.5 Å². The second kappa shape index (κ2) is 5.47. The van der Waals surface area contributed by atoms with Crippen LogP contribution in [0.1, 0.15) is 47.5 Å². The SMILES string of the molecule is CC(C)(N)CCCNOC(=O)C(C)(C)C. The Morgan fingerprint density at radius 3 is 2.20 bits per heavy atom. The van der Waals surface area contributed by atoms with E-state index in [-0.39, 0.29) is 11.5 Å².